The van der Waals surface area contributed by atoms with Crippen LogP contribution in [0, 0.1) is 10.1 Å². The predicted molar refractivity (Wildman–Crippen MR) is 102 cm³/mol. The Labute approximate surface area is 158 Å². The minimum Gasteiger partial charge on any atom is -0.361 e. The first-order valence-electron chi connectivity index (χ1n) is 9.51. The number of amides is 1. The zero-order valence-electron chi connectivity index (χ0n) is 15.8. The maximum Gasteiger partial charge on any atom is 0.329 e. The molecule has 2 fully saturated rings. The first-order valence-corrected chi connectivity index (χ1v) is 9.51. The smallest absolute Gasteiger partial charge is 0.329 e. The van der Waals surface area contributed by atoms with Gasteiger partial charge in [0, 0.05) is 38.3 Å². The van der Waals surface area contributed by atoms with Gasteiger partial charge in [-0.05, 0) is 26.2 Å². The number of aromatic nitrogens is 2. The monoisotopic (exact) mass is 377 g/mol. The van der Waals surface area contributed by atoms with Gasteiger partial charge in [0.05, 0.1) is 11.5 Å². The highest BCUT2D eigenvalue weighted by molar-refractivity contribution is 5.78. The average molecular weight is 377 g/mol. The van der Waals surface area contributed by atoms with Crippen LogP contribution in [0.1, 0.15) is 33.1 Å². The normalized spacial score (nSPS) is 18.8. The lowest BCUT2D eigenvalue weighted by molar-refractivity contribution is -0.384. The van der Waals surface area contributed by atoms with Crippen LogP contribution in [0.2, 0.25) is 0 Å². The average Bonchev–Trinajstić information content (AvgIpc) is 3.46. The van der Waals surface area contributed by atoms with Gasteiger partial charge in [-0.25, -0.2) is 4.98 Å². The summed E-state index contributed by atoms with van der Waals surface area (Å²) in [4.78, 5) is 35.4. The van der Waals surface area contributed by atoms with Crippen molar-refractivity contribution < 1.29 is 9.72 Å². The second-order valence-corrected chi connectivity index (χ2v) is 7.22. The van der Waals surface area contributed by atoms with Crippen LogP contribution in [-0.2, 0) is 4.79 Å². The Balaban J connectivity index is 1.57. The summed E-state index contributed by atoms with van der Waals surface area (Å²) in [6.07, 6.45) is 4.20. The molecule has 2 N–H and O–H groups in total. The highest BCUT2D eigenvalue weighted by Gasteiger charge is 2.28. The number of hydrogen-bond acceptors (Lipinski definition) is 8. The third kappa shape index (κ3) is 5.25. The van der Waals surface area contributed by atoms with Crippen molar-refractivity contribution in [3.8, 4) is 0 Å². The Hall–Kier alpha value is -2.49. The van der Waals surface area contributed by atoms with Crippen LogP contribution in [0.4, 0.5) is 17.5 Å². The SMILES string of the molecule is CCC(C)NC(=O)CN1CCN(c2ncc([N+](=O)[O-])c(NC3CC3)n2)CC1. The quantitative estimate of drug-likeness (QED) is 0.509. The zero-order valence-corrected chi connectivity index (χ0v) is 15.8. The van der Waals surface area contributed by atoms with Gasteiger partial charge in [0.25, 0.3) is 0 Å². The second kappa shape index (κ2) is 8.47. The summed E-state index contributed by atoms with van der Waals surface area (Å²) in [5.41, 5.74) is -0.0917. The lowest BCUT2D eigenvalue weighted by Crippen LogP contribution is -2.50. The number of carbonyl (C=O) groups is 1. The van der Waals surface area contributed by atoms with Crippen molar-refractivity contribution >= 4 is 23.4 Å². The number of rotatable bonds is 8. The van der Waals surface area contributed by atoms with E-state index in [0.717, 1.165) is 32.4 Å². The van der Waals surface area contributed by atoms with Crippen LogP contribution in [0.5, 0.6) is 0 Å². The molecule has 1 unspecified atom stereocenters. The van der Waals surface area contributed by atoms with E-state index in [1.165, 1.54) is 6.20 Å². The third-order valence-corrected chi connectivity index (χ3v) is 4.91. The molecule has 0 spiro atoms. The van der Waals surface area contributed by atoms with E-state index >= 15 is 0 Å². The van der Waals surface area contributed by atoms with Gasteiger partial charge in [-0.3, -0.25) is 19.8 Å². The van der Waals surface area contributed by atoms with Gasteiger partial charge in [0.2, 0.25) is 17.7 Å². The molecule has 1 saturated heterocycles. The molecular formula is C17H27N7O3. The van der Waals surface area contributed by atoms with Gasteiger partial charge in [-0.1, -0.05) is 6.92 Å². The predicted octanol–water partition coefficient (Wildman–Crippen LogP) is 0.996. The van der Waals surface area contributed by atoms with Crippen LogP contribution >= 0.6 is 0 Å². The van der Waals surface area contributed by atoms with E-state index in [1.54, 1.807) is 0 Å². The maximum atomic E-state index is 12.0. The van der Waals surface area contributed by atoms with Crippen molar-refractivity contribution in [1.29, 1.82) is 0 Å². The number of piperazine rings is 1. The van der Waals surface area contributed by atoms with Gasteiger partial charge in [-0.2, -0.15) is 4.98 Å². The summed E-state index contributed by atoms with van der Waals surface area (Å²) in [6, 6.07) is 0.456. The van der Waals surface area contributed by atoms with Gasteiger partial charge in [-0.15, -0.1) is 0 Å². The van der Waals surface area contributed by atoms with Crippen molar-refractivity contribution in [2.75, 3.05) is 42.9 Å². The van der Waals surface area contributed by atoms with Crippen molar-refractivity contribution in [2.24, 2.45) is 0 Å². The molecule has 1 aliphatic heterocycles. The van der Waals surface area contributed by atoms with E-state index in [2.05, 4.69) is 25.5 Å². The molecule has 27 heavy (non-hydrogen) atoms. The molecule has 0 aromatic carbocycles. The van der Waals surface area contributed by atoms with E-state index in [-0.39, 0.29) is 23.7 Å². The van der Waals surface area contributed by atoms with Crippen LogP contribution < -0.4 is 15.5 Å². The number of anilines is 2. The van der Waals surface area contributed by atoms with E-state index < -0.39 is 4.92 Å². The summed E-state index contributed by atoms with van der Waals surface area (Å²) in [5.74, 6) is 0.829. The highest BCUT2D eigenvalue weighted by Crippen LogP contribution is 2.30. The summed E-state index contributed by atoms with van der Waals surface area (Å²) >= 11 is 0. The molecule has 1 aromatic heterocycles. The molecule has 1 saturated carbocycles. The Morgan fingerprint density at radius 3 is 2.67 bits per heavy atom. The Morgan fingerprint density at radius 2 is 2.07 bits per heavy atom. The molecule has 1 aromatic rings. The minimum absolute atomic E-state index is 0.0419. The van der Waals surface area contributed by atoms with E-state index in [4.69, 9.17) is 0 Å². The fourth-order valence-corrected chi connectivity index (χ4v) is 2.91. The molecule has 10 nitrogen and oxygen atoms in total. The zero-order chi connectivity index (χ0) is 19.4. The molecule has 3 rings (SSSR count). The van der Waals surface area contributed by atoms with Crippen LogP contribution in [0.25, 0.3) is 0 Å². The number of nitrogens with zero attached hydrogens (tertiary/aromatic N) is 5. The number of nitro groups is 1. The Bertz CT molecular complexity index is 687. The molecule has 2 heterocycles. The van der Waals surface area contributed by atoms with Crippen molar-refractivity contribution in [1.82, 2.24) is 20.2 Å². The largest absolute Gasteiger partial charge is 0.361 e. The minimum atomic E-state index is -0.456. The Kier molecular flexibility index (Phi) is 6.04. The summed E-state index contributed by atoms with van der Waals surface area (Å²) in [5, 5.41) is 17.3. The molecular weight excluding hydrogens is 350 g/mol. The summed E-state index contributed by atoms with van der Waals surface area (Å²) in [7, 11) is 0. The summed E-state index contributed by atoms with van der Waals surface area (Å²) in [6.45, 7) is 7.22. The van der Waals surface area contributed by atoms with Crippen LogP contribution in [0.15, 0.2) is 6.20 Å². The number of hydrogen-bond donors (Lipinski definition) is 2. The van der Waals surface area contributed by atoms with Gasteiger partial charge in [0.15, 0.2) is 0 Å². The maximum absolute atomic E-state index is 12.0. The fourth-order valence-electron chi connectivity index (χ4n) is 2.91. The molecule has 1 atom stereocenters. The molecule has 0 radical (unpaired) electrons. The Morgan fingerprint density at radius 1 is 1.37 bits per heavy atom. The van der Waals surface area contributed by atoms with Gasteiger partial charge < -0.3 is 15.5 Å². The third-order valence-electron chi connectivity index (χ3n) is 4.91. The van der Waals surface area contributed by atoms with Crippen molar-refractivity contribution in [2.45, 2.75) is 45.2 Å². The van der Waals surface area contributed by atoms with E-state index in [0.29, 0.717) is 31.4 Å². The van der Waals surface area contributed by atoms with Gasteiger partial charge >= 0.3 is 5.69 Å². The van der Waals surface area contributed by atoms with Crippen LogP contribution in [0.3, 0.4) is 0 Å². The molecule has 0 bridgehead atoms. The van der Waals surface area contributed by atoms with E-state index in [9.17, 15) is 14.9 Å². The molecule has 2 aliphatic rings. The standard InChI is InChI=1S/C17H27N7O3/c1-3-12(2)19-15(25)11-22-6-8-23(9-7-22)17-18-10-14(24(26)27)16(21-17)20-13-4-5-13/h10,12-13H,3-9,11H2,1-2H3,(H,19,25)(H,18,20,21). The fraction of sp³-hybridized carbons (Fsp3) is 0.706. The first kappa shape index (κ1) is 19.3. The highest BCUT2D eigenvalue weighted by atomic mass is 16.6. The first-order chi connectivity index (χ1) is 13.0. The topological polar surface area (TPSA) is 117 Å². The number of carbonyl (C=O) groups excluding carboxylic acids is 1. The molecule has 1 amide bonds. The van der Waals surface area contributed by atoms with Crippen LogP contribution in [-0.4, -0.2) is 70.5 Å². The summed E-state index contributed by atoms with van der Waals surface area (Å²) < 4.78 is 0. The van der Waals surface area contributed by atoms with Crippen molar-refractivity contribution in [3.63, 3.8) is 0 Å². The van der Waals surface area contributed by atoms with Crippen molar-refractivity contribution in [3.05, 3.63) is 16.3 Å². The molecule has 148 valence electrons. The lowest BCUT2D eigenvalue weighted by Gasteiger charge is -2.34. The lowest BCUT2D eigenvalue weighted by atomic mass is 10.2. The van der Waals surface area contributed by atoms with Gasteiger partial charge in [0.1, 0.15) is 6.20 Å². The number of nitrogens with one attached hydrogen (secondary N) is 2. The molecule has 10 heteroatoms. The second-order valence-electron chi connectivity index (χ2n) is 7.22. The molecule has 1 aliphatic carbocycles. The van der Waals surface area contributed by atoms with E-state index in [1.807, 2.05) is 18.7 Å².